The molecule has 0 radical (unpaired) electrons. The molecule has 3 nitrogen and oxygen atoms in total. The van der Waals surface area contributed by atoms with Gasteiger partial charge in [-0.1, -0.05) is 43.3 Å². The Morgan fingerprint density at radius 3 is 2.38 bits per heavy atom. The maximum atomic E-state index is 13.3. The lowest BCUT2D eigenvalue weighted by Crippen LogP contribution is -2.22. The molecule has 3 aromatic carbocycles. The van der Waals surface area contributed by atoms with E-state index in [2.05, 4.69) is 24.2 Å². The van der Waals surface area contributed by atoms with Crippen molar-refractivity contribution in [1.29, 1.82) is 0 Å². The second kappa shape index (κ2) is 6.56. The Bertz CT molecular complexity index is 1150. The van der Waals surface area contributed by atoms with Crippen molar-refractivity contribution in [2.24, 2.45) is 0 Å². The second-order valence-electron chi connectivity index (χ2n) is 6.14. The Balaban J connectivity index is 2.04. The maximum absolute atomic E-state index is 13.3. The largest absolute Gasteiger partial charge is 0.279 e. The van der Waals surface area contributed by atoms with Crippen LogP contribution in [-0.4, -0.2) is 9.78 Å². The number of halogens is 1. The molecule has 0 unspecified atom stereocenters. The van der Waals surface area contributed by atoms with Crippen LogP contribution < -0.4 is 5.56 Å². The number of aryl methyl sites for hydroxylation is 1. The molecule has 0 bridgehead atoms. The first-order valence-electron chi connectivity index (χ1n) is 8.54. The smallest absolute Gasteiger partial charge is 0.267 e. The van der Waals surface area contributed by atoms with Crippen LogP contribution in [0.5, 0.6) is 0 Å². The molecule has 4 aromatic rings. The van der Waals surface area contributed by atoms with E-state index < -0.39 is 0 Å². The quantitative estimate of drug-likeness (QED) is 0.537. The summed E-state index contributed by atoms with van der Waals surface area (Å²) in [6, 6.07) is 21.4. The van der Waals surface area contributed by atoms with Crippen LogP contribution in [0.15, 0.2) is 77.6 Å². The zero-order valence-corrected chi connectivity index (χ0v) is 14.3. The fourth-order valence-corrected chi connectivity index (χ4v) is 3.10. The number of fused-ring (bicyclic) bond motifs is 1. The molecule has 26 heavy (non-hydrogen) atoms. The molecule has 0 amide bonds. The van der Waals surface area contributed by atoms with E-state index >= 15 is 0 Å². The topological polar surface area (TPSA) is 34.9 Å². The van der Waals surface area contributed by atoms with Crippen molar-refractivity contribution in [2.45, 2.75) is 13.3 Å². The molecule has 128 valence electrons. The number of hydrogen-bond acceptors (Lipinski definition) is 2. The summed E-state index contributed by atoms with van der Waals surface area (Å²) in [6.45, 7) is 2.10. The first kappa shape index (κ1) is 16.2. The second-order valence-corrected chi connectivity index (χ2v) is 6.14. The molecule has 0 saturated heterocycles. The monoisotopic (exact) mass is 344 g/mol. The fourth-order valence-electron chi connectivity index (χ4n) is 3.10. The van der Waals surface area contributed by atoms with Crippen LogP contribution in [0.25, 0.3) is 27.7 Å². The number of nitrogens with zero attached hydrogens (tertiary/aromatic N) is 2. The first-order valence-corrected chi connectivity index (χ1v) is 8.54. The first-order chi connectivity index (χ1) is 12.7. The minimum absolute atomic E-state index is 0.220. The summed E-state index contributed by atoms with van der Waals surface area (Å²) in [5.41, 5.74) is 3.21. The minimum atomic E-state index is -0.349. The van der Waals surface area contributed by atoms with E-state index in [0.29, 0.717) is 11.1 Å². The highest BCUT2D eigenvalue weighted by Crippen LogP contribution is 2.26. The summed E-state index contributed by atoms with van der Waals surface area (Å²) in [5, 5.41) is 6.02. The Morgan fingerprint density at radius 2 is 1.65 bits per heavy atom. The summed E-state index contributed by atoms with van der Waals surface area (Å²) < 4.78 is 14.6. The Labute approximate surface area is 150 Å². The van der Waals surface area contributed by atoms with Crippen LogP contribution in [0, 0.1) is 5.82 Å². The van der Waals surface area contributed by atoms with Crippen molar-refractivity contribution < 1.29 is 4.39 Å². The van der Waals surface area contributed by atoms with Crippen LogP contribution in [0.3, 0.4) is 0 Å². The summed E-state index contributed by atoms with van der Waals surface area (Å²) in [4.78, 5) is 12.9. The van der Waals surface area contributed by atoms with Gasteiger partial charge in [0.2, 0.25) is 0 Å². The van der Waals surface area contributed by atoms with Gasteiger partial charge in [-0.05, 0) is 48.4 Å². The predicted molar refractivity (Wildman–Crippen MR) is 102 cm³/mol. The van der Waals surface area contributed by atoms with E-state index in [0.717, 1.165) is 23.1 Å². The summed E-state index contributed by atoms with van der Waals surface area (Å²) >= 11 is 0. The van der Waals surface area contributed by atoms with Gasteiger partial charge in [0.1, 0.15) is 5.82 Å². The van der Waals surface area contributed by atoms with Gasteiger partial charge in [0.15, 0.2) is 0 Å². The summed E-state index contributed by atoms with van der Waals surface area (Å²) in [7, 11) is 0. The lowest BCUT2D eigenvalue weighted by atomic mass is 10.0. The van der Waals surface area contributed by atoms with Crippen LogP contribution in [0.2, 0.25) is 0 Å². The average molecular weight is 344 g/mol. The van der Waals surface area contributed by atoms with E-state index in [1.54, 1.807) is 18.2 Å². The molecule has 0 spiro atoms. The van der Waals surface area contributed by atoms with Crippen molar-refractivity contribution in [1.82, 2.24) is 9.78 Å². The molecule has 4 rings (SSSR count). The van der Waals surface area contributed by atoms with E-state index in [9.17, 15) is 9.18 Å². The minimum Gasteiger partial charge on any atom is -0.267 e. The lowest BCUT2D eigenvalue weighted by Gasteiger charge is -2.12. The summed E-state index contributed by atoms with van der Waals surface area (Å²) in [5.74, 6) is -0.349. The molecule has 0 aliphatic carbocycles. The Hall–Kier alpha value is -3.27. The predicted octanol–water partition coefficient (Wildman–Crippen LogP) is 4.75. The number of benzene rings is 3. The molecule has 0 aliphatic heterocycles. The SMILES string of the molecule is CCc1cccc(-c2nn(-c3ccc(F)cc3)c(=O)c3ccccc23)c1. The number of hydrogen-bond donors (Lipinski definition) is 0. The van der Waals surface area contributed by atoms with Gasteiger partial charge in [-0.2, -0.15) is 9.78 Å². The van der Waals surface area contributed by atoms with E-state index in [1.165, 1.54) is 22.4 Å². The van der Waals surface area contributed by atoms with E-state index in [1.807, 2.05) is 30.3 Å². The molecule has 0 saturated carbocycles. The molecule has 0 fully saturated rings. The van der Waals surface area contributed by atoms with Gasteiger partial charge in [-0.3, -0.25) is 4.79 Å². The van der Waals surface area contributed by atoms with Gasteiger partial charge < -0.3 is 0 Å². The Kier molecular flexibility index (Phi) is 4.09. The number of rotatable bonds is 3. The normalized spacial score (nSPS) is 11.0. The zero-order chi connectivity index (χ0) is 18.1. The average Bonchev–Trinajstić information content (AvgIpc) is 2.69. The molecule has 0 aliphatic rings. The lowest BCUT2D eigenvalue weighted by molar-refractivity contribution is 0.626. The van der Waals surface area contributed by atoms with Crippen molar-refractivity contribution in [3.05, 3.63) is 94.5 Å². The van der Waals surface area contributed by atoms with Gasteiger partial charge in [-0.15, -0.1) is 0 Å². The van der Waals surface area contributed by atoms with Gasteiger partial charge in [-0.25, -0.2) is 4.39 Å². The Morgan fingerprint density at radius 1 is 0.923 bits per heavy atom. The van der Waals surface area contributed by atoms with E-state index in [-0.39, 0.29) is 11.4 Å². The van der Waals surface area contributed by atoms with Gasteiger partial charge in [0, 0.05) is 10.9 Å². The molecule has 1 aromatic heterocycles. The van der Waals surface area contributed by atoms with Gasteiger partial charge in [0.05, 0.1) is 16.8 Å². The molecular weight excluding hydrogens is 327 g/mol. The third-order valence-corrected chi connectivity index (χ3v) is 4.48. The third kappa shape index (κ3) is 2.80. The third-order valence-electron chi connectivity index (χ3n) is 4.48. The molecule has 0 atom stereocenters. The maximum Gasteiger partial charge on any atom is 0.279 e. The number of aromatic nitrogens is 2. The van der Waals surface area contributed by atoms with Crippen molar-refractivity contribution in [3.8, 4) is 16.9 Å². The fraction of sp³-hybridized carbons (Fsp3) is 0.0909. The molecule has 0 N–H and O–H groups in total. The highest BCUT2D eigenvalue weighted by atomic mass is 19.1. The summed E-state index contributed by atoms with van der Waals surface area (Å²) in [6.07, 6.45) is 0.920. The van der Waals surface area contributed by atoms with Crippen LogP contribution >= 0.6 is 0 Å². The molecule has 4 heteroatoms. The standard InChI is InChI=1S/C22H17FN2O/c1-2-15-6-5-7-16(14-15)21-19-8-3-4-9-20(19)22(26)25(24-21)18-12-10-17(23)11-13-18/h3-14H,2H2,1H3. The van der Waals surface area contributed by atoms with Gasteiger partial charge in [0.25, 0.3) is 5.56 Å². The van der Waals surface area contributed by atoms with Crippen molar-refractivity contribution in [3.63, 3.8) is 0 Å². The van der Waals surface area contributed by atoms with Crippen LogP contribution in [0.1, 0.15) is 12.5 Å². The molecule has 1 heterocycles. The molecular formula is C22H17FN2O. The highest BCUT2D eigenvalue weighted by molar-refractivity contribution is 5.94. The van der Waals surface area contributed by atoms with Crippen LogP contribution in [-0.2, 0) is 6.42 Å². The zero-order valence-electron chi connectivity index (χ0n) is 14.3. The van der Waals surface area contributed by atoms with E-state index in [4.69, 9.17) is 0 Å². The van der Waals surface area contributed by atoms with Crippen molar-refractivity contribution >= 4 is 10.8 Å². The van der Waals surface area contributed by atoms with Crippen LogP contribution in [0.4, 0.5) is 4.39 Å². The van der Waals surface area contributed by atoms with Gasteiger partial charge >= 0.3 is 0 Å². The highest BCUT2D eigenvalue weighted by Gasteiger charge is 2.13. The van der Waals surface area contributed by atoms with Crippen molar-refractivity contribution in [2.75, 3.05) is 0 Å².